The molecule has 6 heteroatoms. The second-order valence-corrected chi connectivity index (χ2v) is 7.57. The Balaban J connectivity index is 1.78. The van der Waals surface area contributed by atoms with Crippen molar-refractivity contribution in [1.29, 1.82) is 0 Å². The molecule has 4 rings (SSSR count). The highest BCUT2D eigenvalue weighted by molar-refractivity contribution is 6.09. The third-order valence-electron chi connectivity index (χ3n) is 5.29. The van der Waals surface area contributed by atoms with Gasteiger partial charge in [-0.05, 0) is 42.3 Å². The number of para-hydroxylation sites is 1. The minimum atomic E-state index is -0.932. The number of anilines is 1. The van der Waals surface area contributed by atoms with E-state index >= 15 is 0 Å². The lowest BCUT2D eigenvalue weighted by atomic mass is 10.0. The van der Waals surface area contributed by atoms with E-state index in [0.717, 1.165) is 11.1 Å². The van der Waals surface area contributed by atoms with Crippen molar-refractivity contribution in [1.82, 2.24) is 15.3 Å². The Labute approximate surface area is 192 Å². The van der Waals surface area contributed by atoms with Crippen LogP contribution in [0, 0.1) is 6.92 Å². The van der Waals surface area contributed by atoms with Crippen LogP contribution < -0.4 is 10.2 Å². The number of aryl methyl sites for hydroxylation is 1. The maximum atomic E-state index is 13.8. The van der Waals surface area contributed by atoms with E-state index in [0.29, 0.717) is 17.8 Å². The quantitative estimate of drug-likeness (QED) is 0.463. The maximum Gasteiger partial charge on any atom is 0.277 e. The number of carbonyl (C=O) groups is 2. The number of aromatic nitrogens is 2. The van der Waals surface area contributed by atoms with E-state index < -0.39 is 6.04 Å². The van der Waals surface area contributed by atoms with E-state index in [2.05, 4.69) is 15.3 Å². The third kappa shape index (κ3) is 5.13. The summed E-state index contributed by atoms with van der Waals surface area (Å²) >= 11 is 0. The molecular formula is C27H24N4O2. The maximum absolute atomic E-state index is 13.8. The number of pyridine rings is 2. The van der Waals surface area contributed by atoms with Crippen molar-refractivity contribution < 1.29 is 9.59 Å². The first kappa shape index (κ1) is 21.9. The molecule has 4 aromatic rings. The van der Waals surface area contributed by atoms with Gasteiger partial charge in [0, 0.05) is 36.4 Å². The number of hydrogen-bond donors (Lipinski definition) is 1. The molecular weight excluding hydrogens is 412 g/mol. The predicted octanol–water partition coefficient (Wildman–Crippen LogP) is 4.49. The van der Waals surface area contributed by atoms with Crippen LogP contribution in [0.2, 0.25) is 0 Å². The van der Waals surface area contributed by atoms with Gasteiger partial charge in [-0.2, -0.15) is 0 Å². The van der Waals surface area contributed by atoms with Gasteiger partial charge >= 0.3 is 0 Å². The van der Waals surface area contributed by atoms with Gasteiger partial charge < -0.3 is 5.32 Å². The standard InChI is InChI=1S/C27H24N4O2/c1-20-10-5-6-15-24(20)31(27(33)23-14-7-8-17-29-23)25(22-13-9-16-28-19-22)26(32)30-18-21-11-3-2-4-12-21/h2-17,19,25H,18H2,1H3,(H,30,32)/t25-/m1/s1. The van der Waals surface area contributed by atoms with Crippen molar-refractivity contribution in [2.45, 2.75) is 19.5 Å². The monoisotopic (exact) mass is 436 g/mol. The molecule has 1 N–H and O–H groups in total. The highest BCUT2D eigenvalue weighted by atomic mass is 16.2. The number of nitrogens with zero attached hydrogens (tertiary/aromatic N) is 3. The first-order valence-electron chi connectivity index (χ1n) is 10.7. The molecule has 0 unspecified atom stereocenters. The molecule has 164 valence electrons. The average molecular weight is 437 g/mol. The first-order valence-corrected chi connectivity index (χ1v) is 10.7. The number of benzene rings is 2. The van der Waals surface area contributed by atoms with Gasteiger partial charge in [0.25, 0.3) is 5.91 Å². The summed E-state index contributed by atoms with van der Waals surface area (Å²) in [6.45, 7) is 2.26. The highest BCUT2D eigenvalue weighted by Gasteiger charge is 2.34. The summed E-state index contributed by atoms with van der Waals surface area (Å²) < 4.78 is 0. The Bertz CT molecular complexity index is 1210. The molecule has 0 bridgehead atoms. The van der Waals surface area contributed by atoms with Gasteiger partial charge in [-0.1, -0.05) is 60.7 Å². The van der Waals surface area contributed by atoms with Crippen LogP contribution in [-0.2, 0) is 11.3 Å². The summed E-state index contributed by atoms with van der Waals surface area (Å²) in [5, 5.41) is 2.99. The second kappa shape index (κ2) is 10.3. The van der Waals surface area contributed by atoms with Crippen LogP contribution in [-0.4, -0.2) is 21.8 Å². The van der Waals surface area contributed by atoms with E-state index in [1.165, 1.54) is 4.90 Å². The Morgan fingerprint density at radius 1 is 0.879 bits per heavy atom. The minimum Gasteiger partial charge on any atom is -0.350 e. The van der Waals surface area contributed by atoms with Crippen molar-refractivity contribution in [3.8, 4) is 0 Å². The highest BCUT2D eigenvalue weighted by Crippen LogP contribution is 2.31. The Morgan fingerprint density at radius 2 is 1.64 bits per heavy atom. The van der Waals surface area contributed by atoms with E-state index in [1.807, 2.05) is 61.5 Å². The number of hydrogen-bond acceptors (Lipinski definition) is 4. The fraction of sp³-hybridized carbons (Fsp3) is 0.111. The zero-order valence-corrected chi connectivity index (χ0v) is 18.3. The average Bonchev–Trinajstić information content (AvgIpc) is 2.88. The first-order chi connectivity index (χ1) is 16.1. The number of nitrogens with one attached hydrogen (secondary N) is 1. The molecule has 0 spiro atoms. The van der Waals surface area contributed by atoms with Crippen molar-refractivity contribution in [3.05, 3.63) is 126 Å². The van der Waals surface area contributed by atoms with Gasteiger partial charge in [0.05, 0.1) is 0 Å². The van der Waals surface area contributed by atoms with Crippen molar-refractivity contribution in [2.75, 3.05) is 4.90 Å². The van der Waals surface area contributed by atoms with E-state index in [-0.39, 0.29) is 17.5 Å². The van der Waals surface area contributed by atoms with Gasteiger partial charge in [-0.15, -0.1) is 0 Å². The zero-order chi connectivity index (χ0) is 23.0. The van der Waals surface area contributed by atoms with Crippen LogP contribution in [0.4, 0.5) is 5.69 Å². The molecule has 33 heavy (non-hydrogen) atoms. The van der Waals surface area contributed by atoms with Crippen molar-refractivity contribution >= 4 is 17.5 Å². The minimum absolute atomic E-state index is 0.255. The lowest BCUT2D eigenvalue weighted by Crippen LogP contribution is -2.44. The SMILES string of the molecule is Cc1ccccc1N(C(=O)c1ccccn1)[C@@H](C(=O)NCc1ccccc1)c1cccnc1. The van der Waals surface area contributed by atoms with Gasteiger partial charge in [-0.25, -0.2) is 0 Å². The van der Waals surface area contributed by atoms with Crippen LogP contribution in [0.5, 0.6) is 0 Å². The molecule has 0 aliphatic heterocycles. The van der Waals surface area contributed by atoms with Crippen LogP contribution in [0.3, 0.4) is 0 Å². The van der Waals surface area contributed by atoms with Gasteiger partial charge in [0.1, 0.15) is 11.7 Å². The smallest absolute Gasteiger partial charge is 0.277 e. The predicted molar refractivity (Wildman–Crippen MR) is 127 cm³/mol. The van der Waals surface area contributed by atoms with E-state index in [4.69, 9.17) is 0 Å². The third-order valence-corrected chi connectivity index (χ3v) is 5.29. The molecule has 0 saturated heterocycles. The molecule has 2 aromatic carbocycles. The van der Waals surface area contributed by atoms with E-state index in [9.17, 15) is 9.59 Å². The van der Waals surface area contributed by atoms with Gasteiger partial charge in [0.15, 0.2) is 0 Å². The summed E-state index contributed by atoms with van der Waals surface area (Å²) in [5.41, 5.74) is 3.33. The molecule has 2 aromatic heterocycles. The lowest BCUT2D eigenvalue weighted by molar-refractivity contribution is -0.122. The number of rotatable bonds is 7. The Morgan fingerprint density at radius 3 is 2.33 bits per heavy atom. The molecule has 0 aliphatic rings. The summed E-state index contributed by atoms with van der Waals surface area (Å²) in [5.74, 6) is -0.673. The van der Waals surface area contributed by atoms with Gasteiger partial charge in [-0.3, -0.25) is 24.5 Å². The van der Waals surface area contributed by atoms with Crippen LogP contribution in [0.25, 0.3) is 0 Å². The largest absolute Gasteiger partial charge is 0.350 e. The fourth-order valence-electron chi connectivity index (χ4n) is 3.65. The van der Waals surface area contributed by atoms with Crippen LogP contribution in [0.1, 0.15) is 33.2 Å². The molecule has 0 fully saturated rings. The normalized spacial score (nSPS) is 11.4. The molecule has 6 nitrogen and oxygen atoms in total. The summed E-state index contributed by atoms with van der Waals surface area (Å²) in [7, 11) is 0. The molecule has 2 heterocycles. The van der Waals surface area contributed by atoms with E-state index in [1.54, 1.807) is 48.9 Å². The van der Waals surface area contributed by atoms with Crippen LogP contribution in [0.15, 0.2) is 104 Å². The van der Waals surface area contributed by atoms with Gasteiger partial charge in [0.2, 0.25) is 5.91 Å². The topological polar surface area (TPSA) is 75.2 Å². The number of carbonyl (C=O) groups excluding carboxylic acids is 2. The molecule has 1 atom stereocenters. The molecule has 0 saturated carbocycles. The lowest BCUT2D eigenvalue weighted by Gasteiger charge is -2.32. The summed E-state index contributed by atoms with van der Waals surface area (Å²) in [4.78, 5) is 37.3. The molecule has 2 amide bonds. The molecule has 0 radical (unpaired) electrons. The number of amides is 2. The molecule has 0 aliphatic carbocycles. The Kier molecular flexibility index (Phi) is 6.85. The zero-order valence-electron chi connectivity index (χ0n) is 18.3. The van der Waals surface area contributed by atoms with Crippen molar-refractivity contribution in [3.63, 3.8) is 0 Å². The summed E-state index contributed by atoms with van der Waals surface area (Å²) in [6.07, 6.45) is 4.82. The van der Waals surface area contributed by atoms with Crippen LogP contribution >= 0.6 is 0 Å². The fourth-order valence-corrected chi connectivity index (χ4v) is 3.65. The Hall–Kier alpha value is -4.32. The summed E-state index contributed by atoms with van der Waals surface area (Å²) in [6, 6.07) is 24.9. The second-order valence-electron chi connectivity index (χ2n) is 7.57. The van der Waals surface area contributed by atoms with Crippen molar-refractivity contribution in [2.24, 2.45) is 0 Å².